The number of rotatable bonds is 3. The van der Waals surface area contributed by atoms with E-state index in [2.05, 4.69) is 22.9 Å². The number of hydrogen-bond donors (Lipinski definition) is 1. The summed E-state index contributed by atoms with van der Waals surface area (Å²) in [5, 5.41) is 10.1. The molecule has 78 valence electrons. The van der Waals surface area contributed by atoms with Gasteiger partial charge in [-0.2, -0.15) is 0 Å². The van der Waals surface area contributed by atoms with Gasteiger partial charge in [0.25, 0.3) is 0 Å². The van der Waals surface area contributed by atoms with E-state index in [1.807, 2.05) is 6.07 Å². The van der Waals surface area contributed by atoms with E-state index < -0.39 is 0 Å². The molecule has 1 aromatic rings. The minimum absolute atomic E-state index is 0.351. The average molecular weight is 296 g/mol. The van der Waals surface area contributed by atoms with Crippen LogP contribution in [0.1, 0.15) is 30.7 Å². The molecule has 1 aliphatic carbocycles. The zero-order chi connectivity index (χ0) is 10.3. The van der Waals surface area contributed by atoms with Crippen LogP contribution in [0, 0.1) is 11.8 Å². The maximum Gasteiger partial charge on any atom is 0.107 e. The van der Waals surface area contributed by atoms with Gasteiger partial charge in [-0.1, -0.05) is 18.5 Å². The van der Waals surface area contributed by atoms with Crippen molar-refractivity contribution in [1.82, 2.24) is 0 Å². The highest BCUT2D eigenvalue weighted by Gasteiger charge is 2.33. The van der Waals surface area contributed by atoms with E-state index in [-0.39, 0.29) is 6.10 Å². The molecule has 1 nitrogen and oxygen atoms in total. The van der Waals surface area contributed by atoms with Gasteiger partial charge in [0.2, 0.25) is 0 Å². The number of halogens is 2. The summed E-state index contributed by atoms with van der Waals surface area (Å²) >= 11 is 10.8. The van der Waals surface area contributed by atoms with Crippen LogP contribution in [0.4, 0.5) is 0 Å². The molecule has 1 N–H and O–H groups in total. The van der Waals surface area contributed by atoms with Crippen molar-refractivity contribution in [3.8, 4) is 0 Å². The Kier molecular flexibility index (Phi) is 3.22. The summed E-state index contributed by atoms with van der Waals surface area (Å²) in [5.74, 6) is 1.07. The summed E-state index contributed by atoms with van der Waals surface area (Å²) in [6.07, 6.45) is 2.17. The minimum atomic E-state index is -0.351. The second-order valence-corrected chi connectivity index (χ2v) is 6.45. The topological polar surface area (TPSA) is 20.2 Å². The average Bonchev–Trinajstić information content (AvgIpc) is 2.93. The Hall–Kier alpha value is 0.430. The second kappa shape index (κ2) is 4.12. The zero-order valence-corrected chi connectivity index (χ0v) is 11.0. The van der Waals surface area contributed by atoms with Crippen LogP contribution < -0.4 is 0 Å². The quantitative estimate of drug-likeness (QED) is 0.884. The van der Waals surface area contributed by atoms with Crippen LogP contribution in [0.5, 0.6) is 0 Å². The van der Waals surface area contributed by atoms with Gasteiger partial charge < -0.3 is 5.11 Å². The SMILES string of the molecule is CC(C1CC1)C(O)c1cc(Br)c(Cl)s1. The van der Waals surface area contributed by atoms with E-state index >= 15 is 0 Å². The Balaban J connectivity index is 2.13. The van der Waals surface area contributed by atoms with Gasteiger partial charge in [0, 0.05) is 9.35 Å². The first kappa shape index (κ1) is 10.9. The summed E-state index contributed by atoms with van der Waals surface area (Å²) in [4.78, 5) is 0.973. The maximum absolute atomic E-state index is 10.1. The highest BCUT2D eigenvalue weighted by atomic mass is 79.9. The van der Waals surface area contributed by atoms with Gasteiger partial charge in [0.15, 0.2) is 0 Å². The van der Waals surface area contributed by atoms with Gasteiger partial charge >= 0.3 is 0 Å². The Labute approximate surface area is 101 Å². The molecule has 2 rings (SSSR count). The molecular formula is C10H12BrClOS. The van der Waals surface area contributed by atoms with Crippen molar-refractivity contribution in [3.63, 3.8) is 0 Å². The van der Waals surface area contributed by atoms with Crippen LogP contribution in [-0.4, -0.2) is 5.11 Å². The van der Waals surface area contributed by atoms with Crippen molar-refractivity contribution < 1.29 is 5.11 Å². The lowest BCUT2D eigenvalue weighted by Gasteiger charge is -2.16. The van der Waals surface area contributed by atoms with E-state index in [1.165, 1.54) is 24.2 Å². The molecule has 0 spiro atoms. The third kappa shape index (κ3) is 2.16. The first-order valence-corrected chi connectivity index (χ1v) is 6.71. The molecule has 1 aliphatic rings. The molecule has 1 fully saturated rings. The largest absolute Gasteiger partial charge is 0.387 e. The van der Waals surface area contributed by atoms with Gasteiger partial charge in [-0.05, 0) is 46.7 Å². The zero-order valence-electron chi connectivity index (χ0n) is 7.84. The second-order valence-electron chi connectivity index (χ2n) is 3.91. The minimum Gasteiger partial charge on any atom is -0.387 e. The maximum atomic E-state index is 10.1. The fraction of sp³-hybridized carbons (Fsp3) is 0.600. The Morgan fingerprint density at radius 3 is 2.71 bits per heavy atom. The van der Waals surface area contributed by atoms with E-state index in [0.717, 1.165) is 13.7 Å². The van der Waals surface area contributed by atoms with Gasteiger partial charge in [-0.15, -0.1) is 11.3 Å². The molecule has 1 saturated carbocycles. The highest BCUT2D eigenvalue weighted by Crippen LogP contribution is 2.45. The molecule has 2 atom stereocenters. The third-order valence-corrected chi connectivity index (χ3v) is 5.36. The van der Waals surface area contributed by atoms with Crippen molar-refractivity contribution in [2.75, 3.05) is 0 Å². The van der Waals surface area contributed by atoms with E-state index in [1.54, 1.807) is 0 Å². The molecule has 4 heteroatoms. The molecule has 0 aromatic carbocycles. The van der Waals surface area contributed by atoms with Crippen LogP contribution in [-0.2, 0) is 0 Å². The Morgan fingerprint density at radius 1 is 1.64 bits per heavy atom. The lowest BCUT2D eigenvalue weighted by molar-refractivity contribution is 0.109. The molecule has 1 aromatic heterocycles. The Morgan fingerprint density at radius 2 is 2.29 bits per heavy atom. The molecule has 1 heterocycles. The predicted octanol–water partition coefficient (Wildman–Crippen LogP) is 4.24. The van der Waals surface area contributed by atoms with Crippen molar-refractivity contribution >= 4 is 38.9 Å². The predicted molar refractivity (Wildman–Crippen MR) is 63.9 cm³/mol. The molecule has 0 bridgehead atoms. The van der Waals surface area contributed by atoms with Crippen LogP contribution in [0.25, 0.3) is 0 Å². The lowest BCUT2D eigenvalue weighted by Crippen LogP contribution is -2.09. The van der Waals surface area contributed by atoms with Crippen LogP contribution >= 0.6 is 38.9 Å². The van der Waals surface area contributed by atoms with Crippen LogP contribution in [0.15, 0.2) is 10.5 Å². The smallest absolute Gasteiger partial charge is 0.107 e. The van der Waals surface area contributed by atoms with E-state index in [4.69, 9.17) is 11.6 Å². The first-order valence-electron chi connectivity index (χ1n) is 4.72. The number of hydrogen-bond acceptors (Lipinski definition) is 2. The third-order valence-electron chi connectivity index (χ3n) is 2.82. The monoisotopic (exact) mass is 294 g/mol. The van der Waals surface area contributed by atoms with Gasteiger partial charge in [-0.3, -0.25) is 0 Å². The fourth-order valence-corrected chi connectivity index (χ4v) is 3.49. The Bertz CT molecular complexity index is 315. The van der Waals surface area contributed by atoms with Gasteiger partial charge in [-0.25, -0.2) is 0 Å². The summed E-state index contributed by atoms with van der Waals surface area (Å²) in [6.45, 7) is 2.11. The van der Waals surface area contributed by atoms with Crippen molar-refractivity contribution in [2.24, 2.45) is 11.8 Å². The van der Waals surface area contributed by atoms with Crippen LogP contribution in [0.2, 0.25) is 4.34 Å². The number of thiophene rings is 1. The fourth-order valence-electron chi connectivity index (χ4n) is 1.65. The standard InChI is InChI=1S/C10H12BrClOS/c1-5(6-2-3-6)9(13)8-4-7(11)10(12)14-8/h4-6,9,13H,2-3H2,1H3. The highest BCUT2D eigenvalue weighted by molar-refractivity contribution is 9.10. The van der Waals surface area contributed by atoms with Gasteiger partial charge in [0.1, 0.15) is 4.34 Å². The van der Waals surface area contributed by atoms with E-state index in [9.17, 15) is 5.11 Å². The molecule has 2 unspecified atom stereocenters. The molecule has 0 saturated heterocycles. The number of aliphatic hydroxyl groups excluding tert-OH is 1. The summed E-state index contributed by atoms with van der Waals surface area (Å²) in [6, 6.07) is 1.93. The molecule has 0 radical (unpaired) electrons. The number of aliphatic hydroxyl groups is 1. The normalized spacial score (nSPS) is 20.9. The van der Waals surface area contributed by atoms with Crippen molar-refractivity contribution in [2.45, 2.75) is 25.9 Å². The lowest BCUT2D eigenvalue weighted by atomic mass is 9.98. The first-order chi connectivity index (χ1) is 6.59. The van der Waals surface area contributed by atoms with Crippen molar-refractivity contribution in [3.05, 3.63) is 19.8 Å². The van der Waals surface area contributed by atoms with Gasteiger partial charge in [0.05, 0.1) is 6.10 Å². The molecule has 0 amide bonds. The molecule has 14 heavy (non-hydrogen) atoms. The van der Waals surface area contributed by atoms with Crippen LogP contribution in [0.3, 0.4) is 0 Å². The van der Waals surface area contributed by atoms with Crippen molar-refractivity contribution in [1.29, 1.82) is 0 Å². The molecule has 0 aliphatic heterocycles. The summed E-state index contributed by atoms with van der Waals surface area (Å²) in [7, 11) is 0. The summed E-state index contributed by atoms with van der Waals surface area (Å²) in [5.41, 5.74) is 0. The molecular weight excluding hydrogens is 284 g/mol. The van der Waals surface area contributed by atoms with E-state index in [0.29, 0.717) is 11.8 Å². The summed E-state index contributed by atoms with van der Waals surface area (Å²) < 4.78 is 1.61.